The molecule has 2 rings (SSSR count). The SMILES string of the molecule is CCOC(CNc1cnc(C(=O)O)cn1)c1ccccc1. The number of benzene rings is 1. The van der Waals surface area contributed by atoms with Gasteiger partial charge in [-0.15, -0.1) is 0 Å². The molecule has 1 atom stereocenters. The van der Waals surface area contributed by atoms with E-state index in [2.05, 4.69) is 15.3 Å². The first-order valence-corrected chi connectivity index (χ1v) is 6.66. The maximum atomic E-state index is 10.7. The summed E-state index contributed by atoms with van der Waals surface area (Å²) in [7, 11) is 0. The predicted octanol–water partition coefficient (Wildman–Crippen LogP) is 2.36. The number of nitrogens with zero attached hydrogens (tertiary/aromatic N) is 2. The molecule has 0 fully saturated rings. The Balaban J connectivity index is 2.00. The number of ether oxygens (including phenoxy) is 1. The molecule has 0 saturated heterocycles. The van der Waals surface area contributed by atoms with E-state index in [-0.39, 0.29) is 11.8 Å². The van der Waals surface area contributed by atoms with Crippen molar-refractivity contribution in [2.75, 3.05) is 18.5 Å². The van der Waals surface area contributed by atoms with Crippen molar-refractivity contribution in [2.45, 2.75) is 13.0 Å². The first-order chi connectivity index (χ1) is 10.2. The highest BCUT2D eigenvalue weighted by Crippen LogP contribution is 2.17. The molecule has 1 heterocycles. The molecule has 0 aliphatic heterocycles. The zero-order chi connectivity index (χ0) is 15.1. The van der Waals surface area contributed by atoms with E-state index < -0.39 is 5.97 Å². The van der Waals surface area contributed by atoms with Crippen molar-refractivity contribution in [2.24, 2.45) is 0 Å². The molecule has 110 valence electrons. The van der Waals surface area contributed by atoms with Crippen LogP contribution in [0.5, 0.6) is 0 Å². The molecule has 1 aromatic heterocycles. The lowest BCUT2D eigenvalue weighted by Crippen LogP contribution is -2.17. The Hall–Kier alpha value is -2.47. The molecule has 0 bridgehead atoms. The smallest absolute Gasteiger partial charge is 0.356 e. The van der Waals surface area contributed by atoms with Crippen LogP contribution in [0.2, 0.25) is 0 Å². The van der Waals surface area contributed by atoms with Crippen molar-refractivity contribution in [1.82, 2.24) is 9.97 Å². The number of carbonyl (C=O) groups is 1. The maximum Gasteiger partial charge on any atom is 0.356 e. The third kappa shape index (κ3) is 4.25. The van der Waals surface area contributed by atoms with Gasteiger partial charge in [0.25, 0.3) is 0 Å². The summed E-state index contributed by atoms with van der Waals surface area (Å²) in [5, 5.41) is 11.9. The van der Waals surface area contributed by atoms with Gasteiger partial charge in [0, 0.05) is 13.2 Å². The summed E-state index contributed by atoms with van der Waals surface area (Å²) in [5.41, 5.74) is 0.993. The molecule has 0 aliphatic carbocycles. The molecule has 2 aromatic rings. The Morgan fingerprint density at radius 1 is 1.29 bits per heavy atom. The van der Waals surface area contributed by atoms with Gasteiger partial charge in [-0.25, -0.2) is 14.8 Å². The largest absolute Gasteiger partial charge is 0.476 e. The summed E-state index contributed by atoms with van der Waals surface area (Å²) >= 11 is 0. The fourth-order valence-corrected chi connectivity index (χ4v) is 1.87. The van der Waals surface area contributed by atoms with Crippen LogP contribution in [0.25, 0.3) is 0 Å². The molecular formula is C15H17N3O3. The average Bonchev–Trinajstić information content (AvgIpc) is 2.52. The number of nitrogens with one attached hydrogen (secondary N) is 1. The molecule has 1 unspecified atom stereocenters. The zero-order valence-electron chi connectivity index (χ0n) is 11.7. The first-order valence-electron chi connectivity index (χ1n) is 6.66. The van der Waals surface area contributed by atoms with Crippen LogP contribution >= 0.6 is 0 Å². The molecule has 6 nitrogen and oxygen atoms in total. The number of aromatic nitrogens is 2. The number of aromatic carboxylic acids is 1. The van der Waals surface area contributed by atoms with Crippen LogP contribution in [0, 0.1) is 0 Å². The minimum Gasteiger partial charge on any atom is -0.476 e. The van der Waals surface area contributed by atoms with E-state index in [1.807, 2.05) is 37.3 Å². The normalized spacial score (nSPS) is 11.9. The van der Waals surface area contributed by atoms with Crippen molar-refractivity contribution < 1.29 is 14.6 Å². The molecule has 0 amide bonds. The van der Waals surface area contributed by atoms with E-state index in [0.717, 1.165) is 5.56 Å². The predicted molar refractivity (Wildman–Crippen MR) is 78.3 cm³/mol. The number of hydrogen-bond donors (Lipinski definition) is 2. The second kappa shape index (κ2) is 7.35. The highest BCUT2D eigenvalue weighted by atomic mass is 16.5. The zero-order valence-corrected chi connectivity index (χ0v) is 11.7. The Labute approximate surface area is 122 Å². The molecule has 0 radical (unpaired) electrons. The standard InChI is InChI=1S/C15H17N3O3/c1-2-21-13(11-6-4-3-5-7-11)9-18-14-10-16-12(8-17-14)15(19)20/h3-8,10,13H,2,9H2,1H3,(H,17,18)(H,19,20). The maximum absolute atomic E-state index is 10.7. The molecule has 1 aromatic carbocycles. The van der Waals surface area contributed by atoms with Gasteiger partial charge in [-0.2, -0.15) is 0 Å². The quantitative estimate of drug-likeness (QED) is 0.813. The van der Waals surface area contributed by atoms with Crippen LogP contribution in [-0.2, 0) is 4.74 Å². The summed E-state index contributed by atoms with van der Waals surface area (Å²) < 4.78 is 5.71. The summed E-state index contributed by atoms with van der Waals surface area (Å²) in [6, 6.07) is 9.88. The van der Waals surface area contributed by atoms with Crippen molar-refractivity contribution in [3.8, 4) is 0 Å². The van der Waals surface area contributed by atoms with Gasteiger partial charge in [0.15, 0.2) is 5.69 Å². The summed E-state index contributed by atoms with van der Waals surface area (Å²) in [5.74, 6) is -0.578. The number of hydrogen-bond acceptors (Lipinski definition) is 5. The van der Waals surface area contributed by atoms with Gasteiger partial charge in [0.05, 0.1) is 18.5 Å². The Morgan fingerprint density at radius 3 is 2.62 bits per heavy atom. The lowest BCUT2D eigenvalue weighted by atomic mass is 10.1. The fraction of sp³-hybridized carbons (Fsp3) is 0.267. The summed E-state index contributed by atoms with van der Waals surface area (Å²) in [6.45, 7) is 3.07. The van der Waals surface area contributed by atoms with E-state index in [9.17, 15) is 4.79 Å². The van der Waals surface area contributed by atoms with Gasteiger partial charge in [-0.3, -0.25) is 0 Å². The fourth-order valence-electron chi connectivity index (χ4n) is 1.87. The summed E-state index contributed by atoms with van der Waals surface area (Å²) in [6.07, 6.45) is 2.53. The lowest BCUT2D eigenvalue weighted by molar-refractivity contribution is 0.0689. The van der Waals surface area contributed by atoms with Gasteiger partial charge in [-0.05, 0) is 12.5 Å². The van der Waals surface area contributed by atoms with Crippen LogP contribution in [0.15, 0.2) is 42.7 Å². The lowest BCUT2D eigenvalue weighted by Gasteiger charge is -2.18. The summed E-state index contributed by atoms with van der Waals surface area (Å²) in [4.78, 5) is 18.5. The van der Waals surface area contributed by atoms with Crippen molar-refractivity contribution in [1.29, 1.82) is 0 Å². The van der Waals surface area contributed by atoms with Crippen molar-refractivity contribution >= 4 is 11.8 Å². The molecule has 0 spiro atoms. The first kappa shape index (κ1) is 14.9. The highest BCUT2D eigenvalue weighted by molar-refractivity contribution is 5.84. The third-order valence-corrected chi connectivity index (χ3v) is 2.88. The molecule has 6 heteroatoms. The van der Waals surface area contributed by atoms with Gasteiger partial charge >= 0.3 is 5.97 Å². The topological polar surface area (TPSA) is 84.3 Å². The highest BCUT2D eigenvalue weighted by Gasteiger charge is 2.11. The minimum atomic E-state index is -1.09. The monoisotopic (exact) mass is 287 g/mol. The number of carboxylic acids is 1. The number of rotatable bonds is 7. The molecular weight excluding hydrogens is 270 g/mol. The van der Waals surface area contributed by atoms with E-state index in [1.54, 1.807) is 0 Å². The molecule has 21 heavy (non-hydrogen) atoms. The number of carboxylic acid groups (broad SMARTS) is 1. The van der Waals surface area contributed by atoms with E-state index in [0.29, 0.717) is 19.0 Å². The average molecular weight is 287 g/mol. The Kier molecular flexibility index (Phi) is 5.22. The van der Waals surface area contributed by atoms with E-state index in [1.165, 1.54) is 12.4 Å². The van der Waals surface area contributed by atoms with Crippen molar-refractivity contribution in [3.05, 3.63) is 54.0 Å². The van der Waals surface area contributed by atoms with Crippen molar-refractivity contribution in [3.63, 3.8) is 0 Å². The van der Waals surface area contributed by atoms with Crippen LogP contribution in [0.3, 0.4) is 0 Å². The number of anilines is 1. The third-order valence-electron chi connectivity index (χ3n) is 2.88. The Morgan fingerprint density at radius 2 is 2.05 bits per heavy atom. The second-order valence-electron chi connectivity index (χ2n) is 4.33. The van der Waals surface area contributed by atoms with Gasteiger partial charge in [-0.1, -0.05) is 30.3 Å². The van der Waals surface area contributed by atoms with Gasteiger partial charge in [0.1, 0.15) is 5.82 Å². The van der Waals surface area contributed by atoms with Gasteiger partial charge < -0.3 is 15.2 Å². The van der Waals surface area contributed by atoms with Crippen LogP contribution in [-0.4, -0.2) is 34.2 Å². The van der Waals surface area contributed by atoms with E-state index >= 15 is 0 Å². The molecule has 0 aliphatic rings. The van der Waals surface area contributed by atoms with Crippen LogP contribution in [0.1, 0.15) is 29.1 Å². The van der Waals surface area contributed by atoms with Crippen LogP contribution < -0.4 is 5.32 Å². The van der Waals surface area contributed by atoms with E-state index in [4.69, 9.17) is 9.84 Å². The van der Waals surface area contributed by atoms with Gasteiger partial charge in [0.2, 0.25) is 0 Å². The molecule has 2 N–H and O–H groups in total. The van der Waals surface area contributed by atoms with Crippen LogP contribution in [0.4, 0.5) is 5.82 Å². The Bertz CT molecular complexity index is 572. The molecule has 0 saturated carbocycles. The minimum absolute atomic E-state index is 0.0787. The second-order valence-corrected chi connectivity index (χ2v) is 4.33.